The van der Waals surface area contributed by atoms with Crippen molar-refractivity contribution in [2.45, 2.75) is 0 Å². The molecule has 0 aliphatic carbocycles. The zero-order chi connectivity index (χ0) is 20.4. The minimum absolute atomic E-state index is 0.0850. The Balaban J connectivity index is 1.75. The van der Waals surface area contributed by atoms with Crippen LogP contribution in [0, 0.1) is 21.7 Å². The quantitative estimate of drug-likeness (QED) is 0.362. The molecule has 0 atom stereocenters. The smallest absolute Gasteiger partial charge is 0.373 e. The number of ether oxygens (including phenoxy) is 1. The lowest BCUT2D eigenvalue weighted by Crippen LogP contribution is -2.04. The van der Waals surface area contributed by atoms with Crippen molar-refractivity contribution in [2.24, 2.45) is 0 Å². The molecule has 0 amide bonds. The van der Waals surface area contributed by atoms with E-state index in [1.165, 1.54) is 6.07 Å². The van der Waals surface area contributed by atoms with E-state index in [-0.39, 0.29) is 17.4 Å². The van der Waals surface area contributed by atoms with Crippen LogP contribution in [0.3, 0.4) is 0 Å². The fourth-order valence-electron chi connectivity index (χ4n) is 2.79. The number of nitrogens with zero attached hydrogens (tertiary/aromatic N) is 3. The van der Waals surface area contributed by atoms with Gasteiger partial charge in [0.25, 0.3) is 0 Å². The number of fused-ring (bicyclic) bond motifs is 1. The van der Waals surface area contributed by atoms with Crippen molar-refractivity contribution >= 4 is 28.0 Å². The van der Waals surface area contributed by atoms with Gasteiger partial charge in [-0.3, -0.25) is 10.1 Å². The van der Waals surface area contributed by atoms with Crippen LogP contribution in [0.5, 0.6) is 11.6 Å². The summed E-state index contributed by atoms with van der Waals surface area (Å²) in [6, 6.07) is 15.7. The van der Waals surface area contributed by atoms with Gasteiger partial charge in [-0.1, -0.05) is 36.4 Å². The number of nitro groups is 1. The number of hydrogen-bond donors (Lipinski definition) is 1. The van der Waals surface area contributed by atoms with Crippen LogP contribution in [0.15, 0.2) is 67.0 Å². The molecular formula is C20H12F2N4O3. The number of anilines is 2. The minimum Gasteiger partial charge on any atom is -0.433 e. The molecule has 4 rings (SSSR count). The van der Waals surface area contributed by atoms with Gasteiger partial charge < -0.3 is 10.1 Å². The Morgan fingerprint density at radius 3 is 2.55 bits per heavy atom. The van der Waals surface area contributed by atoms with Crippen LogP contribution in [-0.2, 0) is 0 Å². The molecule has 0 spiro atoms. The van der Waals surface area contributed by atoms with E-state index in [0.717, 1.165) is 29.2 Å². The summed E-state index contributed by atoms with van der Waals surface area (Å²) in [4.78, 5) is 18.7. The van der Waals surface area contributed by atoms with Crippen molar-refractivity contribution in [3.8, 4) is 11.6 Å². The third-order valence-electron chi connectivity index (χ3n) is 4.11. The maximum atomic E-state index is 13.4. The molecule has 0 saturated carbocycles. The summed E-state index contributed by atoms with van der Waals surface area (Å²) in [7, 11) is 0. The van der Waals surface area contributed by atoms with Gasteiger partial charge in [-0.2, -0.15) is 4.98 Å². The van der Waals surface area contributed by atoms with Gasteiger partial charge in [0.2, 0.25) is 5.82 Å². The highest BCUT2D eigenvalue weighted by Gasteiger charge is 2.26. The van der Waals surface area contributed by atoms with Crippen LogP contribution in [0.1, 0.15) is 0 Å². The summed E-state index contributed by atoms with van der Waals surface area (Å²) in [6.07, 6.45) is 1.08. The summed E-state index contributed by atoms with van der Waals surface area (Å²) >= 11 is 0. The Morgan fingerprint density at radius 1 is 0.966 bits per heavy atom. The van der Waals surface area contributed by atoms with Crippen molar-refractivity contribution in [3.63, 3.8) is 0 Å². The fourth-order valence-corrected chi connectivity index (χ4v) is 2.79. The first-order valence-electron chi connectivity index (χ1n) is 8.40. The Bertz CT molecular complexity index is 1230. The second-order valence-electron chi connectivity index (χ2n) is 5.97. The monoisotopic (exact) mass is 394 g/mol. The van der Waals surface area contributed by atoms with E-state index in [9.17, 15) is 18.9 Å². The van der Waals surface area contributed by atoms with Gasteiger partial charge in [0.1, 0.15) is 12.1 Å². The van der Waals surface area contributed by atoms with Crippen LogP contribution in [0.4, 0.5) is 26.0 Å². The lowest BCUT2D eigenvalue weighted by Gasteiger charge is -2.11. The first-order chi connectivity index (χ1) is 14.0. The van der Waals surface area contributed by atoms with Crippen molar-refractivity contribution in [3.05, 3.63) is 88.7 Å². The van der Waals surface area contributed by atoms with Gasteiger partial charge in [-0.15, -0.1) is 0 Å². The van der Waals surface area contributed by atoms with Crippen LogP contribution >= 0.6 is 0 Å². The molecule has 0 saturated heterocycles. The molecule has 1 N–H and O–H groups in total. The molecule has 0 bridgehead atoms. The van der Waals surface area contributed by atoms with Crippen LogP contribution in [-0.4, -0.2) is 14.9 Å². The second-order valence-corrected chi connectivity index (χ2v) is 5.97. The van der Waals surface area contributed by atoms with E-state index in [0.29, 0.717) is 5.75 Å². The summed E-state index contributed by atoms with van der Waals surface area (Å²) in [5.74, 6) is -2.26. The molecule has 0 aliphatic rings. The minimum atomic E-state index is -1.10. The number of benzene rings is 3. The van der Waals surface area contributed by atoms with E-state index in [2.05, 4.69) is 15.3 Å². The molecule has 0 unspecified atom stereocenters. The molecule has 0 radical (unpaired) electrons. The van der Waals surface area contributed by atoms with Crippen molar-refractivity contribution in [1.29, 1.82) is 0 Å². The molecule has 29 heavy (non-hydrogen) atoms. The largest absolute Gasteiger partial charge is 0.433 e. The topological polar surface area (TPSA) is 90.2 Å². The standard InChI is InChI=1S/C20H12F2N4O3/c21-15-9-8-13(10-16(15)22)25-19-18(26(27)28)20(24-11-23-19)29-17-7-3-5-12-4-1-2-6-14(12)17/h1-11H,(H,23,24,25). The maximum Gasteiger partial charge on any atom is 0.373 e. The molecule has 4 aromatic rings. The molecule has 1 heterocycles. The highest BCUT2D eigenvalue weighted by molar-refractivity contribution is 5.88. The Labute approximate surface area is 162 Å². The van der Waals surface area contributed by atoms with Gasteiger partial charge in [0, 0.05) is 17.1 Å². The Morgan fingerprint density at radius 2 is 1.76 bits per heavy atom. The summed E-state index contributed by atoms with van der Waals surface area (Å²) in [5, 5.41) is 15.9. The molecule has 1 aromatic heterocycles. The number of hydrogen-bond acceptors (Lipinski definition) is 6. The van der Waals surface area contributed by atoms with E-state index >= 15 is 0 Å². The first kappa shape index (κ1) is 18.2. The molecular weight excluding hydrogens is 382 g/mol. The highest BCUT2D eigenvalue weighted by atomic mass is 19.2. The summed E-state index contributed by atoms with van der Waals surface area (Å²) in [5.41, 5.74) is -0.452. The second kappa shape index (κ2) is 7.47. The third kappa shape index (κ3) is 3.65. The molecule has 3 aromatic carbocycles. The van der Waals surface area contributed by atoms with E-state index in [1.807, 2.05) is 30.3 Å². The summed E-state index contributed by atoms with van der Waals surface area (Å²) in [6.45, 7) is 0. The Kier molecular flexibility index (Phi) is 4.70. The number of nitrogens with one attached hydrogen (secondary N) is 1. The predicted octanol–water partition coefficient (Wildman–Crippen LogP) is 5.35. The van der Waals surface area contributed by atoms with Crippen molar-refractivity contribution in [2.75, 3.05) is 5.32 Å². The molecule has 0 fully saturated rings. The third-order valence-corrected chi connectivity index (χ3v) is 4.11. The van der Waals surface area contributed by atoms with Crippen molar-refractivity contribution in [1.82, 2.24) is 9.97 Å². The number of halogens is 2. The lowest BCUT2D eigenvalue weighted by atomic mass is 10.1. The number of aromatic nitrogens is 2. The maximum absolute atomic E-state index is 13.4. The normalized spacial score (nSPS) is 10.7. The predicted molar refractivity (Wildman–Crippen MR) is 102 cm³/mol. The first-order valence-corrected chi connectivity index (χ1v) is 8.40. The van der Waals surface area contributed by atoms with Crippen molar-refractivity contribution < 1.29 is 18.4 Å². The zero-order valence-corrected chi connectivity index (χ0v) is 14.7. The molecule has 7 nitrogen and oxygen atoms in total. The van der Waals surface area contributed by atoms with Crippen LogP contribution in [0.2, 0.25) is 0 Å². The van der Waals surface area contributed by atoms with Gasteiger partial charge >= 0.3 is 11.6 Å². The summed E-state index contributed by atoms with van der Waals surface area (Å²) < 4.78 is 32.3. The van der Waals surface area contributed by atoms with E-state index in [1.54, 1.807) is 12.1 Å². The zero-order valence-electron chi connectivity index (χ0n) is 14.7. The average Bonchev–Trinajstić information content (AvgIpc) is 2.71. The van der Waals surface area contributed by atoms with Crippen LogP contribution < -0.4 is 10.1 Å². The fraction of sp³-hybridized carbons (Fsp3) is 0. The molecule has 144 valence electrons. The van der Waals surface area contributed by atoms with Crippen LogP contribution in [0.25, 0.3) is 10.8 Å². The average molecular weight is 394 g/mol. The van der Waals surface area contributed by atoms with Gasteiger partial charge in [0.15, 0.2) is 11.6 Å². The lowest BCUT2D eigenvalue weighted by molar-refractivity contribution is -0.385. The van der Waals surface area contributed by atoms with Gasteiger partial charge in [-0.25, -0.2) is 13.8 Å². The van der Waals surface area contributed by atoms with Gasteiger partial charge in [-0.05, 0) is 23.6 Å². The van der Waals surface area contributed by atoms with E-state index < -0.39 is 22.2 Å². The van der Waals surface area contributed by atoms with Gasteiger partial charge in [0.05, 0.1) is 4.92 Å². The number of rotatable bonds is 5. The van der Waals surface area contributed by atoms with E-state index in [4.69, 9.17) is 4.74 Å². The SMILES string of the molecule is O=[N+]([O-])c1c(Nc2ccc(F)c(F)c2)ncnc1Oc1cccc2ccccc12. The Hall–Kier alpha value is -4.14. The highest BCUT2D eigenvalue weighted by Crippen LogP contribution is 2.37. The molecule has 9 heteroatoms. The molecule has 0 aliphatic heterocycles.